The summed E-state index contributed by atoms with van der Waals surface area (Å²) in [5.41, 5.74) is 7.76. The Hall–Kier alpha value is -3.77. The normalized spacial score (nSPS) is 11.0. The van der Waals surface area contributed by atoms with Gasteiger partial charge in [-0.15, -0.1) is 0 Å². The maximum Gasteiger partial charge on any atom is 0.138 e. The number of rotatable bonds is 3. The number of para-hydroxylation sites is 2. The second-order valence-electron chi connectivity index (χ2n) is 7.58. The highest BCUT2D eigenvalue weighted by Crippen LogP contribution is 2.30. The first-order chi connectivity index (χ1) is 14.7. The molecule has 0 saturated carbocycles. The lowest BCUT2D eigenvalue weighted by Crippen LogP contribution is -1.97. The van der Waals surface area contributed by atoms with Crippen molar-refractivity contribution >= 4 is 21.9 Å². The zero-order chi connectivity index (χ0) is 20.5. The quantitative estimate of drug-likeness (QED) is 0.373. The Kier molecular flexibility index (Phi) is 4.61. The van der Waals surface area contributed by atoms with Gasteiger partial charge in [0.1, 0.15) is 5.82 Å². The van der Waals surface area contributed by atoms with Gasteiger partial charge in [-0.25, -0.2) is 4.98 Å². The van der Waals surface area contributed by atoms with E-state index in [2.05, 4.69) is 71.8 Å². The fourth-order valence-electron chi connectivity index (χ4n) is 4.06. The Morgan fingerprint density at radius 1 is 0.933 bits per heavy atom. The highest BCUT2D eigenvalue weighted by atomic mass is 15.0. The second kappa shape index (κ2) is 7.57. The zero-order valence-corrected chi connectivity index (χ0v) is 17.2. The van der Waals surface area contributed by atoms with Gasteiger partial charge >= 0.3 is 0 Å². The summed E-state index contributed by atoms with van der Waals surface area (Å²) in [5, 5.41) is 1.18. The molecule has 3 nitrogen and oxygen atoms in total. The van der Waals surface area contributed by atoms with Gasteiger partial charge in [0, 0.05) is 34.8 Å². The van der Waals surface area contributed by atoms with Crippen LogP contribution in [0.5, 0.6) is 0 Å². The molecule has 5 aromatic rings. The van der Waals surface area contributed by atoms with Crippen LogP contribution in [-0.2, 0) is 13.5 Å². The van der Waals surface area contributed by atoms with Crippen LogP contribution in [0.15, 0.2) is 72.8 Å². The van der Waals surface area contributed by atoms with E-state index in [9.17, 15) is 0 Å². The molecule has 0 atom stereocenters. The summed E-state index contributed by atoms with van der Waals surface area (Å²) in [7, 11) is 2.14. The minimum atomic E-state index is 0.890. The lowest BCUT2D eigenvalue weighted by Gasteiger charge is -2.03. The van der Waals surface area contributed by atoms with Crippen molar-refractivity contribution in [2.45, 2.75) is 19.8 Å². The van der Waals surface area contributed by atoms with Gasteiger partial charge in [0.15, 0.2) is 0 Å². The molecule has 0 aliphatic rings. The van der Waals surface area contributed by atoms with Crippen LogP contribution in [0.4, 0.5) is 0 Å². The number of H-pyrrole nitrogens is 1. The number of fused-ring (bicyclic) bond motifs is 2. The van der Waals surface area contributed by atoms with Gasteiger partial charge in [0.05, 0.1) is 16.6 Å². The second-order valence-corrected chi connectivity index (χ2v) is 7.58. The minimum Gasteiger partial charge on any atom is -0.346 e. The number of hydrogen-bond donors (Lipinski definition) is 1. The van der Waals surface area contributed by atoms with Gasteiger partial charge < -0.3 is 9.55 Å². The van der Waals surface area contributed by atoms with Gasteiger partial charge in [-0.05, 0) is 48.9 Å². The summed E-state index contributed by atoms with van der Waals surface area (Å²) in [4.78, 5) is 8.23. The molecule has 1 N–H and O–H groups in total. The van der Waals surface area contributed by atoms with E-state index in [1.54, 1.807) is 0 Å². The smallest absolute Gasteiger partial charge is 0.138 e. The molecule has 0 unspecified atom stereocenters. The molecule has 2 aromatic heterocycles. The number of aryl methyl sites for hydroxylation is 1. The van der Waals surface area contributed by atoms with Gasteiger partial charge in [-0.2, -0.15) is 0 Å². The zero-order valence-electron chi connectivity index (χ0n) is 17.2. The van der Waals surface area contributed by atoms with Crippen LogP contribution in [0.3, 0.4) is 0 Å². The topological polar surface area (TPSA) is 33.6 Å². The number of benzene rings is 3. The van der Waals surface area contributed by atoms with Crippen molar-refractivity contribution in [2.75, 3.05) is 0 Å². The molecule has 0 amide bonds. The van der Waals surface area contributed by atoms with E-state index in [1.807, 2.05) is 36.4 Å². The first-order valence-corrected chi connectivity index (χ1v) is 10.4. The van der Waals surface area contributed by atoms with Crippen LogP contribution < -0.4 is 0 Å². The Morgan fingerprint density at radius 2 is 1.73 bits per heavy atom. The summed E-state index contributed by atoms with van der Waals surface area (Å²) >= 11 is 0. The Labute approximate surface area is 176 Å². The Bertz CT molecular complexity index is 1380. The fraction of sp³-hybridized carbons (Fsp3) is 0.148. The number of imidazole rings is 1. The number of nitrogens with one attached hydrogen (secondary N) is 1. The molecule has 146 valence electrons. The van der Waals surface area contributed by atoms with Crippen LogP contribution >= 0.6 is 0 Å². The Balaban J connectivity index is 1.69. The molecule has 2 heterocycles. The first-order valence-electron chi connectivity index (χ1n) is 10.4. The maximum atomic E-state index is 4.78. The molecule has 5 rings (SSSR count). The monoisotopic (exact) mass is 389 g/mol. The molecular formula is C27H23N3. The number of aromatic nitrogens is 3. The van der Waals surface area contributed by atoms with E-state index < -0.39 is 0 Å². The molecule has 0 aliphatic heterocycles. The average molecular weight is 390 g/mol. The van der Waals surface area contributed by atoms with Crippen molar-refractivity contribution in [1.29, 1.82) is 0 Å². The van der Waals surface area contributed by atoms with Crippen molar-refractivity contribution in [3.05, 3.63) is 89.6 Å². The maximum absolute atomic E-state index is 4.78. The molecular weight excluding hydrogens is 366 g/mol. The standard InChI is InChI=1S/C27H23N3/c1-3-9-25-21(16-14-19-10-5-4-6-11-19)22-18-20(15-17-26(22)30(25)2)27-28-23-12-7-8-13-24(23)29-27/h4-8,10-13,15,17-18H,3,9H2,1-2H3,(H,28,29). The molecule has 0 saturated heterocycles. The van der Waals surface area contributed by atoms with E-state index in [-0.39, 0.29) is 0 Å². The van der Waals surface area contributed by atoms with Crippen molar-refractivity contribution < 1.29 is 0 Å². The van der Waals surface area contributed by atoms with Crippen molar-refractivity contribution in [3.63, 3.8) is 0 Å². The highest BCUT2D eigenvalue weighted by molar-refractivity contribution is 5.92. The lowest BCUT2D eigenvalue weighted by atomic mass is 10.1. The summed E-state index contributed by atoms with van der Waals surface area (Å²) in [5.74, 6) is 7.73. The molecule has 0 fully saturated rings. The van der Waals surface area contributed by atoms with Gasteiger partial charge in [0.25, 0.3) is 0 Å². The minimum absolute atomic E-state index is 0.890. The number of nitrogens with zero attached hydrogens (tertiary/aromatic N) is 2. The Morgan fingerprint density at radius 3 is 2.53 bits per heavy atom. The van der Waals surface area contributed by atoms with E-state index >= 15 is 0 Å². The van der Waals surface area contributed by atoms with E-state index in [0.717, 1.165) is 46.4 Å². The van der Waals surface area contributed by atoms with Crippen molar-refractivity contribution in [2.24, 2.45) is 7.05 Å². The largest absolute Gasteiger partial charge is 0.346 e. The van der Waals surface area contributed by atoms with E-state index in [4.69, 9.17) is 4.98 Å². The molecule has 3 aromatic carbocycles. The van der Waals surface area contributed by atoms with Crippen LogP contribution in [0.25, 0.3) is 33.3 Å². The third-order valence-corrected chi connectivity index (χ3v) is 5.58. The summed E-state index contributed by atoms with van der Waals surface area (Å²) in [6.45, 7) is 2.21. The highest BCUT2D eigenvalue weighted by Gasteiger charge is 2.15. The SMILES string of the molecule is CCCc1c(C#Cc2ccccc2)c2cc(-c3nc4ccccc4[nH]3)ccc2n1C. The molecule has 0 spiro atoms. The summed E-state index contributed by atoms with van der Waals surface area (Å²) in [6.07, 6.45) is 2.09. The van der Waals surface area contributed by atoms with Crippen LogP contribution in [-0.4, -0.2) is 14.5 Å². The van der Waals surface area contributed by atoms with Crippen LogP contribution in [0, 0.1) is 11.8 Å². The summed E-state index contributed by atoms with van der Waals surface area (Å²) < 4.78 is 2.29. The predicted octanol–water partition coefficient (Wildman–Crippen LogP) is 6.07. The number of hydrogen-bond acceptors (Lipinski definition) is 1. The van der Waals surface area contributed by atoms with Crippen molar-refractivity contribution in [3.8, 4) is 23.2 Å². The molecule has 30 heavy (non-hydrogen) atoms. The van der Waals surface area contributed by atoms with E-state index in [1.165, 1.54) is 16.6 Å². The van der Waals surface area contributed by atoms with Crippen LogP contribution in [0.2, 0.25) is 0 Å². The molecule has 0 radical (unpaired) electrons. The molecule has 0 aliphatic carbocycles. The van der Waals surface area contributed by atoms with Gasteiger partial charge in [-0.1, -0.05) is 55.5 Å². The molecule has 3 heteroatoms. The lowest BCUT2D eigenvalue weighted by molar-refractivity contribution is 0.802. The predicted molar refractivity (Wildman–Crippen MR) is 124 cm³/mol. The summed E-state index contributed by atoms with van der Waals surface area (Å²) in [6, 6.07) is 24.9. The third-order valence-electron chi connectivity index (χ3n) is 5.58. The van der Waals surface area contributed by atoms with Gasteiger partial charge in [-0.3, -0.25) is 0 Å². The van der Waals surface area contributed by atoms with Crippen molar-refractivity contribution in [1.82, 2.24) is 14.5 Å². The molecule has 0 bridgehead atoms. The third kappa shape index (κ3) is 3.17. The van der Waals surface area contributed by atoms with Crippen LogP contribution in [0.1, 0.15) is 30.2 Å². The van der Waals surface area contributed by atoms with Gasteiger partial charge in [0.2, 0.25) is 0 Å². The van der Waals surface area contributed by atoms with E-state index in [0.29, 0.717) is 0 Å². The first kappa shape index (κ1) is 18.3. The fourth-order valence-corrected chi connectivity index (χ4v) is 4.06. The number of aromatic amines is 1. The average Bonchev–Trinajstić information content (AvgIpc) is 3.33.